The molecule has 0 amide bonds. The molecule has 134 valence electrons. The van der Waals surface area contributed by atoms with E-state index in [0.717, 1.165) is 5.82 Å². The Morgan fingerprint density at radius 3 is 2.64 bits per heavy atom. The minimum Gasteiger partial charge on any atom is -0.368 e. The number of rotatable bonds is 7. The Balaban J connectivity index is 1.84. The van der Waals surface area contributed by atoms with Crippen molar-refractivity contribution in [2.75, 3.05) is 37.8 Å². The van der Waals surface area contributed by atoms with E-state index in [-0.39, 0.29) is 4.90 Å². The molecule has 0 aliphatic rings. The second kappa shape index (κ2) is 8.75. The van der Waals surface area contributed by atoms with Gasteiger partial charge >= 0.3 is 0 Å². The lowest BCUT2D eigenvalue weighted by atomic mass is 10.3. The standard InChI is InChI=1S/C16H21N5O2S2/c1-21(2)25(22,23)14-7-5-6-13(12-14)20-16(24)19-11-10-18-15-8-3-4-9-17-15/h3-9,12H,10-11H2,1-2H3,(H,17,18)(H2,19,20,24). The summed E-state index contributed by atoms with van der Waals surface area (Å²) in [5, 5.41) is 9.62. The van der Waals surface area contributed by atoms with Gasteiger partial charge in [0, 0.05) is 39.1 Å². The van der Waals surface area contributed by atoms with Gasteiger partial charge in [-0.2, -0.15) is 0 Å². The van der Waals surface area contributed by atoms with Crippen molar-refractivity contribution in [2.45, 2.75) is 4.90 Å². The van der Waals surface area contributed by atoms with Crippen LogP contribution >= 0.6 is 12.2 Å². The summed E-state index contributed by atoms with van der Waals surface area (Å²) in [5.74, 6) is 0.796. The predicted octanol–water partition coefficient (Wildman–Crippen LogP) is 1.73. The molecule has 0 atom stereocenters. The van der Waals surface area contributed by atoms with Gasteiger partial charge in [-0.15, -0.1) is 0 Å². The lowest BCUT2D eigenvalue weighted by Crippen LogP contribution is -2.32. The fourth-order valence-electron chi connectivity index (χ4n) is 1.95. The maximum atomic E-state index is 12.2. The number of pyridine rings is 1. The molecule has 0 fully saturated rings. The molecule has 2 rings (SSSR count). The van der Waals surface area contributed by atoms with Crippen molar-refractivity contribution in [3.05, 3.63) is 48.7 Å². The third kappa shape index (κ3) is 5.66. The number of hydrogen-bond donors (Lipinski definition) is 3. The van der Waals surface area contributed by atoms with Crippen LogP contribution in [0.5, 0.6) is 0 Å². The first-order chi connectivity index (χ1) is 11.9. The Morgan fingerprint density at radius 1 is 1.16 bits per heavy atom. The van der Waals surface area contributed by atoms with E-state index in [4.69, 9.17) is 12.2 Å². The molecule has 9 heteroatoms. The average Bonchev–Trinajstić information content (AvgIpc) is 2.60. The highest BCUT2D eigenvalue weighted by Gasteiger charge is 2.17. The maximum Gasteiger partial charge on any atom is 0.242 e. The van der Waals surface area contributed by atoms with Gasteiger partial charge in [-0.05, 0) is 42.5 Å². The van der Waals surface area contributed by atoms with Gasteiger partial charge in [-0.1, -0.05) is 12.1 Å². The number of nitrogens with one attached hydrogen (secondary N) is 3. The molecule has 0 aliphatic heterocycles. The van der Waals surface area contributed by atoms with Crippen LogP contribution in [-0.4, -0.2) is 50.0 Å². The number of hydrogen-bond acceptors (Lipinski definition) is 5. The van der Waals surface area contributed by atoms with E-state index >= 15 is 0 Å². The van der Waals surface area contributed by atoms with Crippen LogP contribution < -0.4 is 16.0 Å². The Kier molecular flexibility index (Phi) is 6.68. The zero-order valence-electron chi connectivity index (χ0n) is 14.1. The number of sulfonamides is 1. The van der Waals surface area contributed by atoms with Gasteiger partial charge in [0.15, 0.2) is 5.11 Å². The summed E-state index contributed by atoms with van der Waals surface area (Å²) in [6.45, 7) is 1.24. The summed E-state index contributed by atoms with van der Waals surface area (Å²) in [7, 11) is -0.482. The Labute approximate surface area is 153 Å². The molecule has 2 aromatic rings. The monoisotopic (exact) mass is 379 g/mol. The summed E-state index contributed by atoms with van der Waals surface area (Å²) in [4.78, 5) is 4.37. The first-order valence-corrected chi connectivity index (χ1v) is 9.47. The van der Waals surface area contributed by atoms with E-state index in [2.05, 4.69) is 20.9 Å². The van der Waals surface area contributed by atoms with Crippen LogP contribution in [0.4, 0.5) is 11.5 Å². The van der Waals surface area contributed by atoms with Crippen molar-refractivity contribution < 1.29 is 8.42 Å². The number of thiocarbonyl (C=S) groups is 1. The summed E-state index contributed by atoms with van der Waals surface area (Å²) in [5.41, 5.74) is 0.609. The summed E-state index contributed by atoms with van der Waals surface area (Å²) < 4.78 is 25.5. The van der Waals surface area contributed by atoms with E-state index in [1.165, 1.54) is 18.4 Å². The molecule has 0 unspecified atom stereocenters. The molecule has 0 aliphatic carbocycles. The van der Waals surface area contributed by atoms with Crippen LogP contribution in [0, 0.1) is 0 Å². The van der Waals surface area contributed by atoms with Crippen LogP contribution in [-0.2, 0) is 10.0 Å². The van der Waals surface area contributed by atoms with Crippen LogP contribution in [0.2, 0.25) is 0 Å². The SMILES string of the molecule is CN(C)S(=O)(=O)c1cccc(NC(=S)NCCNc2ccccn2)c1. The Hall–Kier alpha value is -2.23. The second-order valence-electron chi connectivity index (χ2n) is 5.34. The minimum atomic E-state index is -3.47. The maximum absolute atomic E-state index is 12.2. The van der Waals surface area contributed by atoms with Crippen LogP contribution in [0.1, 0.15) is 0 Å². The number of nitrogens with zero attached hydrogens (tertiary/aromatic N) is 2. The highest BCUT2D eigenvalue weighted by atomic mass is 32.2. The van der Waals surface area contributed by atoms with Gasteiger partial charge in [0.2, 0.25) is 10.0 Å². The fraction of sp³-hybridized carbons (Fsp3) is 0.250. The van der Waals surface area contributed by atoms with Crippen molar-refractivity contribution in [1.29, 1.82) is 0 Å². The normalized spacial score (nSPS) is 11.2. The molecule has 1 heterocycles. The largest absolute Gasteiger partial charge is 0.368 e. The van der Waals surface area contributed by atoms with Crippen molar-refractivity contribution in [3.8, 4) is 0 Å². The summed E-state index contributed by atoms with van der Waals surface area (Å²) in [6, 6.07) is 12.2. The van der Waals surface area contributed by atoms with E-state index in [0.29, 0.717) is 23.9 Å². The van der Waals surface area contributed by atoms with Crippen molar-refractivity contribution in [1.82, 2.24) is 14.6 Å². The molecule has 0 saturated heterocycles. The zero-order chi connectivity index (χ0) is 18.3. The fourth-order valence-corrected chi connectivity index (χ4v) is 3.12. The van der Waals surface area contributed by atoms with Crippen LogP contribution in [0.3, 0.4) is 0 Å². The Bertz CT molecular complexity index is 810. The number of benzene rings is 1. The topological polar surface area (TPSA) is 86.4 Å². The second-order valence-corrected chi connectivity index (χ2v) is 7.90. The molecular formula is C16H21N5O2S2. The average molecular weight is 380 g/mol. The van der Waals surface area contributed by atoms with Crippen molar-refractivity contribution in [2.24, 2.45) is 0 Å². The number of aromatic nitrogens is 1. The zero-order valence-corrected chi connectivity index (χ0v) is 15.7. The van der Waals surface area contributed by atoms with E-state index in [1.54, 1.807) is 30.5 Å². The van der Waals surface area contributed by atoms with Gasteiger partial charge in [0.25, 0.3) is 0 Å². The molecular weight excluding hydrogens is 358 g/mol. The number of anilines is 2. The third-order valence-electron chi connectivity index (χ3n) is 3.25. The van der Waals surface area contributed by atoms with Gasteiger partial charge in [0.05, 0.1) is 4.90 Å². The van der Waals surface area contributed by atoms with Crippen LogP contribution in [0.15, 0.2) is 53.6 Å². The van der Waals surface area contributed by atoms with E-state index in [1.807, 2.05) is 18.2 Å². The summed E-state index contributed by atoms with van der Waals surface area (Å²) >= 11 is 5.23. The van der Waals surface area contributed by atoms with E-state index in [9.17, 15) is 8.42 Å². The smallest absolute Gasteiger partial charge is 0.242 e. The van der Waals surface area contributed by atoms with Gasteiger partial charge in [-0.3, -0.25) is 0 Å². The van der Waals surface area contributed by atoms with Gasteiger partial charge in [0.1, 0.15) is 5.82 Å². The molecule has 7 nitrogen and oxygen atoms in total. The first-order valence-electron chi connectivity index (χ1n) is 7.62. The lowest BCUT2D eigenvalue weighted by Gasteiger charge is -2.14. The van der Waals surface area contributed by atoms with Crippen molar-refractivity contribution >= 4 is 38.9 Å². The highest BCUT2D eigenvalue weighted by molar-refractivity contribution is 7.89. The molecule has 0 spiro atoms. The lowest BCUT2D eigenvalue weighted by molar-refractivity contribution is 0.521. The molecule has 1 aromatic carbocycles. The van der Waals surface area contributed by atoms with E-state index < -0.39 is 10.0 Å². The minimum absolute atomic E-state index is 0.210. The van der Waals surface area contributed by atoms with Crippen LogP contribution in [0.25, 0.3) is 0 Å². The van der Waals surface area contributed by atoms with Crippen molar-refractivity contribution in [3.63, 3.8) is 0 Å². The summed E-state index contributed by atoms with van der Waals surface area (Å²) in [6.07, 6.45) is 1.72. The molecule has 1 aromatic heterocycles. The van der Waals surface area contributed by atoms with Gasteiger partial charge in [-0.25, -0.2) is 17.7 Å². The third-order valence-corrected chi connectivity index (χ3v) is 5.31. The first kappa shape index (κ1) is 19.1. The molecule has 3 N–H and O–H groups in total. The predicted molar refractivity (Wildman–Crippen MR) is 104 cm³/mol. The van der Waals surface area contributed by atoms with Gasteiger partial charge < -0.3 is 16.0 Å². The molecule has 25 heavy (non-hydrogen) atoms. The molecule has 0 radical (unpaired) electrons. The molecule has 0 bridgehead atoms. The highest BCUT2D eigenvalue weighted by Crippen LogP contribution is 2.17. The molecule has 0 saturated carbocycles. The Morgan fingerprint density at radius 2 is 1.96 bits per heavy atom. The quantitative estimate of drug-likeness (QED) is 0.499.